The molecule has 0 radical (unpaired) electrons. The number of hydrogen-bond donors (Lipinski definition) is 2. The Bertz CT molecular complexity index is 2520. The summed E-state index contributed by atoms with van der Waals surface area (Å²) in [6.45, 7) is 1.60. The van der Waals surface area contributed by atoms with E-state index in [1.54, 1.807) is 38.5 Å². The van der Waals surface area contributed by atoms with E-state index in [1.807, 2.05) is 110 Å². The summed E-state index contributed by atoms with van der Waals surface area (Å²) in [5.74, 6) is -3.13. The number of rotatable bonds is 10. The molecular weight excluding hydrogens is 747 g/mol. The van der Waals surface area contributed by atoms with Crippen LogP contribution in [0.2, 0.25) is 0 Å². The largest absolute Gasteiger partial charge is 0.497 e. The zero-order valence-electron chi connectivity index (χ0n) is 32.8. The number of nitrogens with zero attached hydrogens (tertiary/aromatic N) is 2. The number of furan rings is 1. The van der Waals surface area contributed by atoms with E-state index >= 15 is 4.79 Å². The normalized spacial score (nSPS) is 24.9. The first-order valence-electron chi connectivity index (χ1n) is 19.7. The number of amides is 4. The van der Waals surface area contributed by atoms with Crippen molar-refractivity contribution in [2.75, 3.05) is 24.5 Å². The molecule has 2 N–H and O–H groups in total. The molecule has 6 atom stereocenters. The van der Waals surface area contributed by atoms with Crippen LogP contribution in [-0.2, 0) is 31.2 Å². The number of fused-ring (bicyclic) bond motifs is 4. The molecule has 4 aliphatic rings. The molecule has 3 fully saturated rings. The number of imide groups is 2. The lowest BCUT2D eigenvalue weighted by Crippen LogP contribution is -2.53. The fourth-order valence-electron chi connectivity index (χ4n) is 9.83. The van der Waals surface area contributed by atoms with Crippen LogP contribution in [0.3, 0.4) is 0 Å². The van der Waals surface area contributed by atoms with Crippen LogP contribution in [0.5, 0.6) is 11.5 Å². The molecule has 4 aromatic carbocycles. The van der Waals surface area contributed by atoms with Crippen LogP contribution in [0.1, 0.15) is 52.5 Å². The topological polar surface area (TPSA) is 139 Å². The molecule has 9 rings (SSSR count). The van der Waals surface area contributed by atoms with Crippen molar-refractivity contribution >= 4 is 47.2 Å². The Morgan fingerprint density at radius 1 is 0.831 bits per heavy atom. The minimum absolute atomic E-state index is 0.160. The summed E-state index contributed by atoms with van der Waals surface area (Å²) >= 11 is 0. The predicted molar refractivity (Wildman–Crippen MR) is 221 cm³/mol. The van der Waals surface area contributed by atoms with Gasteiger partial charge in [-0.15, -0.1) is 0 Å². The molecule has 298 valence electrons. The number of anilines is 2. The predicted octanol–water partition coefficient (Wildman–Crippen LogP) is 7.46. The highest BCUT2D eigenvalue weighted by Crippen LogP contribution is 2.64. The highest BCUT2D eigenvalue weighted by molar-refractivity contribution is 6.22. The number of carbonyl (C=O) groups is 4. The van der Waals surface area contributed by atoms with Crippen LogP contribution in [0, 0.1) is 30.6 Å². The highest BCUT2D eigenvalue weighted by atomic mass is 16.5. The van der Waals surface area contributed by atoms with Crippen molar-refractivity contribution in [3.05, 3.63) is 155 Å². The summed E-state index contributed by atoms with van der Waals surface area (Å²) in [7, 11) is 3.21. The van der Waals surface area contributed by atoms with E-state index in [1.165, 1.54) is 4.90 Å². The second-order valence-corrected chi connectivity index (χ2v) is 15.6. The summed E-state index contributed by atoms with van der Waals surface area (Å²) in [6.07, 6.45) is 6.25. The Morgan fingerprint density at radius 2 is 1.59 bits per heavy atom. The maximum atomic E-state index is 15.3. The summed E-state index contributed by atoms with van der Waals surface area (Å²) in [4.78, 5) is 60.4. The summed E-state index contributed by atoms with van der Waals surface area (Å²) in [6, 6.07) is 32.9. The maximum Gasteiger partial charge on any atom is 0.260 e. The van der Waals surface area contributed by atoms with Gasteiger partial charge in [-0.3, -0.25) is 29.5 Å². The highest BCUT2D eigenvalue weighted by Gasteiger charge is 2.71. The zero-order chi connectivity index (χ0) is 41.0. The third-order valence-corrected chi connectivity index (χ3v) is 12.6. The van der Waals surface area contributed by atoms with E-state index in [9.17, 15) is 19.5 Å². The first-order valence-corrected chi connectivity index (χ1v) is 19.7. The molecule has 1 saturated carbocycles. The summed E-state index contributed by atoms with van der Waals surface area (Å²) in [5, 5.41) is 11.2. The van der Waals surface area contributed by atoms with E-state index in [4.69, 9.17) is 13.9 Å². The van der Waals surface area contributed by atoms with Crippen molar-refractivity contribution < 1.29 is 38.2 Å². The van der Waals surface area contributed by atoms with Gasteiger partial charge < -0.3 is 19.0 Å². The Balaban J connectivity index is 1.09. The number of aryl methyl sites for hydroxylation is 1. The molecule has 2 aliphatic heterocycles. The third kappa shape index (κ3) is 6.07. The standard InChI is InChI=1S/C48H43N3O8/c1-28-9-15-32(16-10-28)49-51-45(54)39-26-38-36(43(41-24-20-35(27-52)59-41)48(39,47(51)56)31-7-5-4-6-8-31)21-22-37-42(38)46(55)50(44(37)53)33-17-12-29(13-18-33)11-14-30-25-34(57-2)19-23-40(30)58-3/h4-21,23-25,37-39,42-43,49,52H,22,26-27H2,1-3H3. The van der Waals surface area contributed by atoms with Crippen molar-refractivity contribution in [1.82, 2.24) is 5.01 Å². The minimum Gasteiger partial charge on any atom is -0.497 e. The van der Waals surface area contributed by atoms with Gasteiger partial charge in [-0.1, -0.05) is 84.0 Å². The average Bonchev–Trinajstić information content (AvgIpc) is 3.91. The van der Waals surface area contributed by atoms with Gasteiger partial charge in [0.1, 0.15) is 35.0 Å². The number of allylic oxidation sites excluding steroid dienone is 2. The number of aliphatic hydroxyl groups excluding tert-OH is 1. The van der Waals surface area contributed by atoms with Crippen molar-refractivity contribution in [1.29, 1.82) is 0 Å². The minimum atomic E-state index is -1.46. The molecule has 2 saturated heterocycles. The first-order chi connectivity index (χ1) is 28.7. The number of ether oxygens (including phenoxy) is 2. The molecule has 3 heterocycles. The molecule has 11 heteroatoms. The van der Waals surface area contributed by atoms with E-state index in [0.29, 0.717) is 40.0 Å². The number of hydrogen-bond acceptors (Lipinski definition) is 9. The van der Waals surface area contributed by atoms with E-state index in [2.05, 4.69) is 5.43 Å². The van der Waals surface area contributed by atoms with E-state index in [0.717, 1.165) is 27.3 Å². The van der Waals surface area contributed by atoms with Crippen molar-refractivity contribution in [2.45, 2.75) is 37.7 Å². The molecule has 0 spiro atoms. The number of methoxy groups -OCH3 is 2. The van der Waals surface area contributed by atoms with Gasteiger partial charge in [0, 0.05) is 5.56 Å². The quantitative estimate of drug-likeness (QED) is 0.0839. The molecule has 6 unspecified atom stereocenters. The van der Waals surface area contributed by atoms with Crippen molar-refractivity contribution in [2.24, 2.45) is 23.7 Å². The lowest BCUT2D eigenvalue weighted by Gasteiger charge is -2.49. The van der Waals surface area contributed by atoms with E-state index < -0.39 is 46.8 Å². The van der Waals surface area contributed by atoms with Gasteiger partial charge in [0.2, 0.25) is 11.8 Å². The summed E-state index contributed by atoms with van der Waals surface area (Å²) in [5.41, 5.74) is 6.79. The van der Waals surface area contributed by atoms with Crippen LogP contribution < -0.4 is 19.8 Å². The van der Waals surface area contributed by atoms with Crippen LogP contribution in [0.4, 0.5) is 11.4 Å². The molecule has 2 aliphatic carbocycles. The Labute approximate surface area is 341 Å². The third-order valence-electron chi connectivity index (χ3n) is 12.6. The molecule has 5 aromatic rings. The van der Waals surface area contributed by atoms with Crippen LogP contribution in [0.15, 0.2) is 125 Å². The van der Waals surface area contributed by atoms with Crippen molar-refractivity contribution in [3.63, 3.8) is 0 Å². The van der Waals surface area contributed by atoms with Gasteiger partial charge in [-0.2, -0.15) is 5.01 Å². The van der Waals surface area contributed by atoms with Crippen LogP contribution in [-0.4, -0.2) is 48.0 Å². The van der Waals surface area contributed by atoms with Crippen LogP contribution in [0.25, 0.3) is 12.2 Å². The second-order valence-electron chi connectivity index (χ2n) is 15.6. The lowest BCUT2D eigenvalue weighted by atomic mass is 9.50. The summed E-state index contributed by atoms with van der Waals surface area (Å²) < 4.78 is 17.2. The Hall–Kier alpha value is -6.72. The van der Waals surface area contributed by atoms with Gasteiger partial charge in [-0.25, -0.2) is 0 Å². The molecule has 4 amide bonds. The molecule has 1 aromatic heterocycles. The average molecular weight is 790 g/mol. The number of carbonyl (C=O) groups excluding carboxylic acids is 4. The van der Waals surface area contributed by atoms with Gasteiger partial charge in [0.25, 0.3) is 11.8 Å². The molecule has 0 bridgehead atoms. The fourth-order valence-corrected chi connectivity index (χ4v) is 9.83. The zero-order valence-corrected chi connectivity index (χ0v) is 32.8. The molecule has 59 heavy (non-hydrogen) atoms. The van der Waals surface area contributed by atoms with Gasteiger partial charge in [-0.05, 0) is 91.4 Å². The monoisotopic (exact) mass is 789 g/mol. The Morgan fingerprint density at radius 3 is 2.29 bits per heavy atom. The van der Waals surface area contributed by atoms with Crippen LogP contribution >= 0.6 is 0 Å². The number of benzene rings is 4. The lowest BCUT2D eigenvalue weighted by molar-refractivity contribution is -0.138. The number of aliphatic hydroxyl groups is 1. The number of hydrazine groups is 1. The van der Waals surface area contributed by atoms with Gasteiger partial charge in [0.05, 0.1) is 49.3 Å². The van der Waals surface area contributed by atoms with Crippen molar-refractivity contribution in [3.8, 4) is 11.5 Å². The molecule has 11 nitrogen and oxygen atoms in total. The second kappa shape index (κ2) is 14.9. The van der Waals surface area contributed by atoms with Gasteiger partial charge >= 0.3 is 0 Å². The maximum absolute atomic E-state index is 15.3. The molecular formula is C48H43N3O8. The fraction of sp³-hybridized carbons (Fsp3) is 0.250. The number of nitrogens with one attached hydrogen (secondary N) is 1. The SMILES string of the molecule is COc1ccc(OC)c(C=Cc2ccc(N3C(=O)C4CC=C5C(CC6C(=O)N(Nc7ccc(C)cc7)C(=O)C6(c6ccccc6)C5c5ccc(CO)o5)C4C3=O)cc2)c1. The Kier molecular flexibility index (Phi) is 9.55. The first kappa shape index (κ1) is 37.8. The van der Waals surface area contributed by atoms with Gasteiger partial charge in [0.15, 0.2) is 0 Å². The van der Waals surface area contributed by atoms with E-state index in [-0.39, 0.29) is 31.3 Å². The smallest absolute Gasteiger partial charge is 0.260 e.